The number of halogens is 1. The van der Waals surface area contributed by atoms with Gasteiger partial charge in [0.1, 0.15) is 5.76 Å². The van der Waals surface area contributed by atoms with E-state index in [2.05, 4.69) is 26.0 Å². The first-order chi connectivity index (χ1) is 18.9. The number of carbonyl (C=O) groups excluding carboxylic acids is 2. The minimum absolute atomic E-state index is 0.453. The van der Waals surface area contributed by atoms with Gasteiger partial charge in [0.2, 0.25) is 11.8 Å². The lowest BCUT2D eigenvalue weighted by Crippen LogP contribution is -2.42. The quantitative estimate of drug-likeness (QED) is 0.556. The number of imide groups is 1. The van der Waals surface area contributed by atoms with Crippen LogP contribution in [0.15, 0.2) is 84.3 Å². The molecule has 1 aromatic carbocycles. The zero-order valence-corrected chi connectivity index (χ0v) is 22.4. The van der Waals surface area contributed by atoms with Crippen molar-refractivity contribution >= 4 is 29.2 Å². The number of rotatable bonds is 5. The van der Waals surface area contributed by atoms with E-state index in [0.29, 0.717) is 35.1 Å². The zero-order chi connectivity index (χ0) is 27.4. The van der Waals surface area contributed by atoms with Gasteiger partial charge in [0.15, 0.2) is 0 Å². The fraction of sp³-hybridized carbons (Fsp3) is 0.300. The predicted molar refractivity (Wildman–Crippen MR) is 148 cm³/mol. The molecule has 0 spiro atoms. The minimum atomic E-state index is -0.843. The number of aromatic nitrogens is 1. The van der Waals surface area contributed by atoms with E-state index in [-0.39, 0.29) is 0 Å². The Hall–Kier alpha value is -3.72. The number of ether oxygens (including phenoxy) is 2. The van der Waals surface area contributed by atoms with Crippen LogP contribution in [0.3, 0.4) is 0 Å². The van der Waals surface area contributed by atoms with Gasteiger partial charge in [0.25, 0.3) is 0 Å². The molecule has 5 rings (SSSR count). The molecule has 0 radical (unpaired) electrons. The number of methoxy groups -OCH3 is 1. The van der Waals surface area contributed by atoms with Gasteiger partial charge in [0, 0.05) is 42.0 Å². The number of nitrogens with one attached hydrogen (secondary N) is 1. The normalized spacial score (nSPS) is 21.0. The summed E-state index contributed by atoms with van der Waals surface area (Å²) >= 11 is 6.01. The molecule has 202 valence electrons. The minimum Gasteiger partial charge on any atom is -0.453 e. The number of nitrogens with zero attached hydrogens (tertiary/aromatic N) is 2. The van der Waals surface area contributed by atoms with Gasteiger partial charge in [-0.1, -0.05) is 42.0 Å². The summed E-state index contributed by atoms with van der Waals surface area (Å²) < 4.78 is 10.7. The van der Waals surface area contributed by atoms with E-state index in [1.807, 2.05) is 42.5 Å². The number of hydrogen-bond acceptors (Lipinski definition) is 7. The average molecular weight is 548 g/mol. The summed E-state index contributed by atoms with van der Waals surface area (Å²) in [5.41, 5.74) is 2.40. The second kappa shape index (κ2) is 11.6. The van der Waals surface area contributed by atoms with E-state index >= 15 is 0 Å². The maximum absolute atomic E-state index is 12.9. The summed E-state index contributed by atoms with van der Waals surface area (Å²) in [4.78, 5) is 31.3. The van der Waals surface area contributed by atoms with Gasteiger partial charge in [-0.3, -0.25) is 10.1 Å². The van der Waals surface area contributed by atoms with E-state index < -0.39 is 23.5 Å². The average Bonchev–Trinajstić information content (AvgIpc) is 3.11. The fourth-order valence-corrected chi connectivity index (χ4v) is 5.25. The number of alkyl carbamates (subject to hydrolysis) is 1. The number of likely N-dealkylation sites (tertiary alicyclic amines) is 1. The maximum Gasteiger partial charge on any atom is 0.413 e. The molecule has 3 heterocycles. The highest BCUT2D eigenvalue weighted by Gasteiger charge is 2.34. The Labute approximate surface area is 232 Å². The lowest BCUT2D eigenvalue weighted by Gasteiger charge is -2.38. The van der Waals surface area contributed by atoms with Crippen molar-refractivity contribution < 1.29 is 24.2 Å². The topological polar surface area (TPSA) is 101 Å². The third-order valence-electron chi connectivity index (χ3n) is 7.34. The second-order valence-electron chi connectivity index (χ2n) is 9.76. The van der Waals surface area contributed by atoms with Crippen molar-refractivity contribution in [3.63, 3.8) is 0 Å². The lowest BCUT2D eigenvalue weighted by molar-refractivity contribution is -0.122. The third kappa shape index (κ3) is 5.98. The molecule has 2 N–H and O–H groups in total. The number of amides is 2. The summed E-state index contributed by atoms with van der Waals surface area (Å²) in [7, 11) is 1.21. The molecule has 1 aliphatic carbocycles. The van der Waals surface area contributed by atoms with E-state index in [1.165, 1.54) is 7.11 Å². The predicted octanol–water partition coefficient (Wildman–Crippen LogP) is 4.76. The van der Waals surface area contributed by atoms with Crippen LogP contribution in [0.1, 0.15) is 30.4 Å². The molecular formula is C30H30ClN3O5. The van der Waals surface area contributed by atoms with Crippen LogP contribution >= 0.6 is 11.6 Å². The molecule has 1 fully saturated rings. The number of pyridine rings is 1. The van der Waals surface area contributed by atoms with Crippen LogP contribution in [0.4, 0.5) is 4.79 Å². The molecule has 2 amide bonds. The van der Waals surface area contributed by atoms with Crippen molar-refractivity contribution in [2.24, 2.45) is 5.92 Å². The van der Waals surface area contributed by atoms with Crippen LogP contribution in [0.5, 0.6) is 5.88 Å². The molecule has 39 heavy (non-hydrogen) atoms. The highest BCUT2D eigenvalue weighted by atomic mass is 35.5. The Bertz CT molecular complexity index is 1370. The fourth-order valence-electron chi connectivity index (χ4n) is 5.13. The van der Waals surface area contributed by atoms with E-state index in [1.54, 1.807) is 24.4 Å². The van der Waals surface area contributed by atoms with Gasteiger partial charge in [-0.15, -0.1) is 0 Å². The van der Waals surface area contributed by atoms with Gasteiger partial charge in [-0.25, -0.2) is 9.78 Å². The largest absolute Gasteiger partial charge is 0.453 e. The summed E-state index contributed by atoms with van der Waals surface area (Å²) in [5.74, 6) is -0.272. The molecule has 1 aromatic heterocycles. The smallest absolute Gasteiger partial charge is 0.413 e. The summed E-state index contributed by atoms with van der Waals surface area (Å²) in [5, 5.41) is 14.1. The molecule has 1 saturated heterocycles. The maximum atomic E-state index is 12.9. The zero-order valence-electron chi connectivity index (χ0n) is 21.6. The number of carbonyl (C=O) groups is 2. The monoisotopic (exact) mass is 547 g/mol. The van der Waals surface area contributed by atoms with Crippen molar-refractivity contribution in [1.29, 1.82) is 0 Å². The van der Waals surface area contributed by atoms with Crippen molar-refractivity contribution in [1.82, 2.24) is 15.2 Å². The highest BCUT2D eigenvalue weighted by molar-refractivity contribution is 6.30. The van der Waals surface area contributed by atoms with E-state index in [0.717, 1.165) is 42.8 Å². The first-order valence-electron chi connectivity index (χ1n) is 12.9. The van der Waals surface area contributed by atoms with Gasteiger partial charge in [0.05, 0.1) is 18.6 Å². The number of piperidine rings is 1. The first kappa shape index (κ1) is 26.9. The van der Waals surface area contributed by atoms with Gasteiger partial charge in [-0.05, 0) is 66.8 Å². The number of fused-ring (bicyclic) bond motifs is 2. The molecule has 8 nitrogen and oxygen atoms in total. The second-order valence-corrected chi connectivity index (χ2v) is 10.2. The number of allylic oxidation sites excluding steroid dienone is 5. The molecule has 2 aromatic rings. The first-order valence-corrected chi connectivity index (χ1v) is 13.3. The Morgan fingerprint density at radius 1 is 1.26 bits per heavy atom. The lowest BCUT2D eigenvalue weighted by atomic mass is 9.84. The van der Waals surface area contributed by atoms with Crippen LogP contribution in [0.2, 0.25) is 5.02 Å². The Morgan fingerprint density at radius 3 is 2.77 bits per heavy atom. The van der Waals surface area contributed by atoms with Gasteiger partial charge in [-0.2, -0.15) is 0 Å². The number of hydrogen-bond donors (Lipinski definition) is 2. The Balaban J connectivity index is 1.32. The summed E-state index contributed by atoms with van der Waals surface area (Å²) in [6.45, 7) is 2.37. The Kier molecular flexibility index (Phi) is 7.97. The van der Waals surface area contributed by atoms with Crippen molar-refractivity contribution in [2.45, 2.75) is 24.9 Å². The third-order valence-corrected chi connectivity index (χ3v) is 7.59. The van der Waals surface area contributed by atoms with Crippen LogP contribution < -0.4 is 10.1 Å². The van der Waals surface area contributed by atoms with Gasteiger partial charge < -0.3 is 19.5 Å². The van der Waals surface area contributed by atoms with Crippen LogP contribution in [-0.2, 0) is 15.1 Å². The SMILES string of the molecule is COC(=O)NC(=O)C1C=CC=C2Oc3ncccc3C(=CCCN3CCC(O)(c4ccc(Cl)cc4)CC3)C=C21. The molecule has 3 aliphatic rings. The van der Waals surface area contributed by atoms with Crippen LogP contribution in [0.25, 0.3) is 5.57 Å². The molecule has 0 saturated carbocycles. The van der Waals surface area contributed by atoms with Crippen molar-refractivity contribution in [2.75, 3.05) is 26.7 Å². The van der Waals surface area contributed by atoms with Gasteiger partial charge >= 0.3 is 6.09 Å². The highest BCUT2D eigenvalue weighted by Crippen LogP contribution is 2.38. The standard InChI is InChI=1S/C30H30ClN3O5/c1-38-29(36)33-27(35)24-6-2-8-26-25(24)19-20(23-7-3-15-32-28(23)39-26)5-4-16-34-17-13-30(37,14-18-34)21-9-11-22(31)12-10-21/h2-3,5-12,15,19,24,37H,4,13-14,16-18H2,1H3,(H,33,35,36). The van der Waals surface area contributed by atoms with E-state index in [4.69, 9.17) is 16.3 Å². The molecule has 1 atom stereocenters. The number of aliphatic hydroxyl groups is 1. The molecule has 9 heteroatoms. The van der Waals surface area contributed by atoms with Crippen molar-refractivity contribution in [3.8, 4) is 5.88 Å². The molecule has 2 aliphatic heterocycles. The number of benzene rings is 1. The molecule has 1 unspecified atom stereocenters. The molecular weight excluding hydrogens is 518 g/mol. The van der Waals surface area contributed by atoms with Crippen LogP contribution in [0, 0.1) is 5.92 Å². The van der Waals surface area contributed by atoms with Crippen molar-refractivity contribution in [3.05, 3.63) is 100 Å². The summed E-state index contributed by atoms with van der Waals surface area (Å²) in [6.07, 6.45) is 12.2. The van der Waals surface area contributed by atoms with E-state index in [9.17, 15) is 14.7 Å². The van der Waals surface area contributed by atoms with Crippen LogP contribution in [-0.4, -0.2) is 53.7 Å². The summed E-state index contributed by atoms with van der Waals surface area (Å²) in [6, 6.07) is 11.2. The Morgan fingerprint density at radius 2 is 2.03 bits per heavy atom. The molecule has 0 bridgehead atoms.